The normalized spacial score (nSPS) is 12.4. The number of aromatic nitrogens is 3. The number of halogens is 5. The summed E-state index contributed by atoms with van der Waals surface area (Å²) in [6.45, 7) is 3.81. The van der Waals surface area contributed by atoms with Gasteiger partial charge in [-0.15, -0.1) is 6.42 Å². The van der Waals surface area contributed by atoms with Crippen LogP contribution in [0.1, 0.15) is 46.8 Å². The molecule has 0 aliphatic rings. The Morgan fingerprint density at radius 3 is 2.54 bits per heavy atom. The Balaban J connectivity index is 2.25. The minimum absolute atomic E-state index is 0.0153. The largest absolute Gasteiger partial charge is 0.435 e. The van der Waals surface area contributed by atoms with Crippen molar-refractivity contribution in [1.82, 2.24) is 20.1 Å². The van der Waals surface area contributed by atoms with E-state index in [1.807, 2.05) is 6.92 Å². The molecule has 1 aromatic carbocycles. The van der Waals surface area contributed by atoms with Gasteiger partial charge in [0.05, 0.1) is 21.3 Å². The number of carbonyl (C=O) groups is 2. The van der Waals surface area contributed by atoms with Crippen LogP contribution in [0.15, 0.2) is 30.5 Å². The van der Waals surface area contributed by atoms with Crippen molar-refractivity contribution in [2.24, 2.45) is 0 Å². The van der Waals surface area contributed by atoms with E-state index in [4.69, 9.17) is 29.6 Å². The Bertz CT molecular complexity index is 1520. The van der Waals surface area contributed by atoms with Gasteiger partial charge in [0.2, 0.25) is 0 Å². The van der Waals surface area contributed by atoms with Gasteiger partial charge in [0, 0.05) is 18.8 Å². The molecule has 0 atom stereocenters. The number of hydrogen-bond donors (Lipinski definition) is 2. The number of carbonyl (C=O) groups excluding carboxylic acids is 2. The van der Waals surface area contributed by atoms with Crippen LogP contribution in [-0.4, -0.2) is 33.1 Å². The van der Waals surface area contributed by atoms with Crippen molar-refractivity contribution in [2.75, 3.05) is 11.9 Å². The van der Waals surface area contributed by atoms with E-state index in [0.29, 0.717) is 27.6 Å². The molecule has 37 heavy (non-hydrogen) atoms. The molecule has 0 aliphatic heterocycles. The molecule has 3 rings (SSSR count). The van der Waals surface area contributed by atoms with Gasteiger partial charge in [-0.3, -0.25) is 9.59 Å². The third-order valence-electron chi connectivity index (χ3n) is 4.98. The molecule has 192 valence electrons. The van der Waals surface area contributed by atoms with Crippen molar-refractivity contribution < 1.29 is 22.8 Å². The number of anilines is 1. The van der Waals surface area contributed by atoms with Gasteiger partial charge in [0.25, 0.3) is 11.8 Å². The summed E-state index contributed by atoms with van der Waals surface area (Å²) in [6, 6.07) is 4.86. The highest BCUT2D eigenvalue weighted by molar-refractivity contribution is 6.35. The van der Waals surface area contributed by atoms with Crippen LogP contribution in [0.4, 0.5) is 18.9 Å². The molecule has 7 nitrogen and oxygen atoms in total. The molecule has 0 saturated carbocycles. The first-order chi connectivity index (χ1) is 17.5. The van der Waals surface area contributed by atoms with Crippen LogP contribution in [-0.2, 0) is 6.18 Å². The Morgan fingerprint density at radius 1 is 1.22 bits per heavy atom. The smallest absolute Gasteiger partial charge is 0.352 e. The molecule has 2 amide bonds. The van der Waals surface area contributed by atoms with Crippen LogP contribution in [0.25, 0.3) is 18.0 Å². The molecular weight excluding hydrogens is 530 g/mol. The van der Waals surface area contributed by atoms with Crippen molar-refractivity contribution >= 4 is 52.9 Å². The Morgan fingerprint density at radius 2 is 1.95 bits per heavy atom. The Hall–Kier alpha value is -3.81. The molecule has 12 heteroatoms. The van der Waals surface area contributed by atoms with Crippen LogP contribution in [0.5, 0.6) is 0 Å². The van der Waals surface area contributed by atoms with E-state index in [0.717, 1.165) is 0 Å². The fourth-order valence-corrected chi connectivity index (χ4v) is 3.95. The zero-order valence-electron chi connectivity index (χ0n) is 19.6. The number of hydrogen-bond acceptors (Lipinski definition) is 4. The summed E-state index contributed by atoms with van der Waals surface area (Å²) in [5.41, 5.74) is -2.02. The molecule has 0 spiro atoms. The zero-order valence-corrected chi connectivity index (χ0v) is 21.1. The van der Waals surface area contributed by atoms with E-state index in [2.05, 4.69) is 26.6 Å². The van der Waals surface area contributed by atoms with E-state index in [1.54, 1.807) is 13.0 Å². The van der Waals surface area contributed by atoms with Crippen LogP contribution >= 0.6 is 23.2 Å². The zero-order chi connectivity index (χ0) is 27.3. The lowest BCUT2D eigenvalue weighted by Crippen LogP contribution is -2.33. The number of terminal acetylenes is 1. The van der Waals surface area contributed by atoms with Gasteiger partial charge >= 0.3 is 6.18 Å². The van der Waals surface area contributed by atoms with Gasteiger partial charge in [-0.1, -0.05) is 42.1 Å². The maximum absolute atomic E-state index is 13.5. The Labute approximate surface area is 220 Å². The van der Waals surface area contributed by atoms with Crippen LogP contribution in [0.2, 0.25) is 10.0 Å². The molecule has 0 unspecified atom stereocenters. The van der Waals surface area contributed by atoms with Crippen LogP contribution in [0, 0.1) is 12.3 Å². The highest BCUT2D eigenvalue weighted by Gasteiger charge is 2.37. The first kappa shape index (κ1) is 27.8. The van der Waals surface area contributed by atoms with Gasteiger partial charge in [-0.25, -0.2) is 9.67 Å². The number of pyridine rings is 1. The SMILES string of the molecule is C#C/C=c1/cc(C(=O)NCC)c(NC(=O)c2cc(C(F)(F)F)nn2-c2ncccc2Cl)c(Cl)/c1=C/CC. The van der Waals surface area contributed by atoms with Crippen LogP contribution in [0.3, 0.4) is 0 Å². The maximum Gasteiger partial charge on any atom is 0.435 e. The van der Waals surface area contributed by atoms with Gasteiger partial charge in [0.1, 0.15) is 5.69 Å². The van der Waals surface area contributed by atoms with E-state index in [-0.39, 0.29) is 33.7 Å². The molecule has 2 aromatic heterocycles. The average Bonchev–Trinajstić information content (AvgIpc) is 3.29. The summed E-state index contributed by atoms with van der Waals surface area (Å²) in [5, 5.41) is 9.45. The van der Waals surface area contributed by atoms with Crippen molar-refractivity contribution in [2.45, 2.75) is 26.4 Å². The Kier molecular flexibility index (Phi) is 8.63. The molecule has 0 saturated heterocycles. The molecule has 0 radical (unpaired) electrons. The summed E-state index contributed by atoms with van der Waals surface area (Å²) >= 11 is 12.7. The van der Waals surface area contributed by atoms with E-state index in [1.165, 1.54) is 30.5 Å². The second-order valence-electron chi connectivity index (χ2n) is 7.49. The van der Waals surface area contributed by atoms with Gasteiger partial charge in [0.15, 0.2) is 11.5 Å². The predicted molar refractivity (Wildman–Crippen MR) is 136 cm³/mol. The predicted octanol–water partition coefficient (Wildman–Crippen LogP) is 4.20. The van der Waals surface area contributed by atoms with Gasteiger partial charge < -0.3 is 10.6 Å². The molecule has 3 aromatic rings. The van der Waals surface area contributed by atoms with Crippen molar-refractivity contribution in [1.29, 1.82) is 0 Å². The maximum atomic E-state index is 13.5. The third kappa shape index (κ3) is 5.96. The topological polar surface area (TPSA) is 88.9 Å². The monoisotopic (exact) mass is 549 g/mol. The van der Waals surface area contributed by atoms with Gasteiger partial charge in [-0.2, -0.15) is 18.3 Å². The molecular formula is C25H20Cl2F3N5O2. The number of nitrogens with one attached hydrogen (secondary N) is 2. The number of amides is 2. The van der Waals surface area contributed by atoms with Gasteiger partial charge in [-0.05, 0) is 48.1 Å². The van der Waals surface area contributed by atoms with E-state index >= 15 is 0 Å². The van der Waals surface area contributed by atoms with E-state index < -0.39 is 29.4 Å². The first-order valence-electron chi connectivity index (χ1n) is 10.9. The fourth-order valence-electron chi connectivity index (χ4n) is 3.42. The quantitative estimate of drug-likeness (QED) is 0.451. The molecule has 2 heterocycles. The highest BCUT2D eigenvalue weighted by atomic mass is 35.5. The standard InChI is InChI=1S/C25H20Cl2F3N5O2/c1-4-8-14-12-16(23(36)31-6-3)21(20(27)15(14)9-5-2)33-24(37)18-13-19(25(28,29)30)34-35(18)22-17(26)10-7-11-32-22/h1,7-13H,5-6H2,2-3H3,(H,31,36)(H,33,37)/b14-8-,15-9+. The molecule has 0 aliphatic carbocycles. The first-order valence-corrected chi connectivity index (χ1v) is 11.7. The second-order valence-corrected chi connectivity index (χ2v) is 8.27. The minimum Gasteiger partial charge on any atom is -0.352 e. The molecule has 0 bridgehead atoms. The number of nitrogens with zero attached hydrogens (tertiary/aromatic N) is 3. The number of benzene rings is 1. The van der Waals surface area contributed by atoms with Crippen molar-refractivity contribution in [3.05, 3.63) is 67.9 Å². The fraction of sp³-hybridized carbons (Fsp3) is 0.200. The molecule has 0 fully saturated rings. The number of alkyl halides is 3. The lowest BCUT2D eigenvalue weighted by molar-refractivity contribution is -0.141. The lowest BCUT2D eigenvalue weighted by Gasteiger charge is -2.15. The summed E-state index contributed by atoms with van der Waals surface area (Å²) in [4.78, 5) is 30.2. The second kappa shape index (κ2) is 11.5. The summed E-state index contributed by atoms with van der Waals surface area (Å²) < 4.78 is 41.2. The average molecular weight is 550 g/mol. The van der Waals surface area contributed by atoms with Crippen molar-refractivity contribution in [3.63, 3.8) is 0 Å². The summed E-state index contributed by atoms with van der Waals surface area (Å²) in [7, 11) is 0. The number of rotatable bonds is 6. The summed E-state index contributed by atoms with van der Waals surface area (Å²) in [6.07, 6.45) is 5.54. The molecule has 2 N–H and O–H groups in total. The summed E-state index contributed by atoms with van der Waals surface area (Å²) in [5.74, 6) is 0.575. The van der Waals surface area contributed by atoms with Crippen molar-refractivity contribution in [3.8, 4) is 18.2 Å². The van der Waals surface area contributed by atoms with Crippen LogP contribution < -0.4 is 21.1 Å². The minimum atomic E-state index is -4.86. The van der Waals surface area contributed by atoms with E-state index in [9.17, 15) is 22.8 Å². The third-order valence-corrected chi connectivity index (χ3v) is 5.66. The highest BCUT2D eigenvalue weighted by Crippen LogP contribution is 2.31. The lowest BCUT2D eigenvalue weighted by atomic mass is 10.1.